The first-order valence-corrected chi connectivity index (χ1v) is 6.89. The van der Waals surface area contributed by atoms with Crippen molar-refractivity contribution >= 4 is 29.5 Å². The Morgan fingerprint density at radius 1 is 1.43 bits per heavy atom. The molecule has 78 valence electrons. The van der Waals surface area contributed by atoms with Crippen molar-refractivity contribution in [2.75, 3.05) is 5.75 Å². The monoisotopic (exact) mass is 230 g/mol. The fourth-order valence-corrected chi connectivity index (χ4v) is 5.20. The average Bonchev–Trinajstić information content (AvgIpc) is 2.64. The van der Waals surface area contributed by atoms with Crippen molar-refractivity contribution in [1.82, 2.24) is 0 Å². The van der Waals surface area contributed by atoms with E-state index in [1.807, 2.05) is 23.5 Å². The van der Waals surface area contributed by atoms with Gasteiger partial charge >= 0.3 is 5.97 Å². The highest BCUT2D eigenvalue weighted by Gasteiger charge is 2.36. The number of thioether (sulfide) groups is 2. The molecule has 2 aliphatic rings. The topological polar surface area (TPSA) is 26.3 Å². The van der Waals surface area contributed by atoms with Crippen molar-refractivity contribution in [2.45, 2.75) is 35.2 Å². The maximum Gasteiger partial charge on any atom is 0.331 e. The lowest BCUT2D eigenvalue weighted by Gasteiger charge is -2.30. The number of fused-ring (bicyclic) bond motifs is 1. The van der Waals surface area contributed by atoms with Gasteiger partial charge in [0.25, 0.3) is 0 Å². The third-order valence-corrected chi connectivity index (χ3v) is 5.93. The van der Waals surface area contributed by atoms with Gasteiger partial charge < -0.3 is 4.74 Å². The Hall–Kier alpha value is -0.0900. The van der Waals surface area contributed by atoms with Crippen molar-refractivity contribution in [3.63, 3.8) is 0 Å². The fraction of sp³-hybridized carbons (Fsp3) is 0.700. The van der Waals surface area contributed by atoms with Crippen LogP contribution in [-0.4, -0.2) is 27.7 Å². The molecule has 0 amide bonds. The number of esters is 1. The zero-order valence-electron chi connectivity index (χ0n) is 7.98. The molecule has 0 bridgehead atoms. The minimum atomic E-state index is -0.292. The molecule has 1 saturated carbocycles. The van der Waals surface area contributed by atoms with Gasteiger partial charge in [-0.15, -0.1) is 11.8 Å². The number of hydrogen-bond donors (Lipinski definition) is 0. The van der Waals surface area contributed by atoms with Crippen LogP contribution in [-0.2, 0) is 9.53 Å². The molecule has 2 fully saturated rings. The Balaban J connectivity index is 1.85. The first-order chi connectivity index (χ1) is 6.79. The largest absolute Gasteiger partial charge is 0.447 e. The summed E-state index contributed by atoms with van der Waals surface area (Å²) in [7, 11) is 0. The van der Waals surface area contributed by atoms with Crippen molar-refractivity contribution in [1.29, 1.82) is 0 Å². The number of hydrogen-bond acceptors (Lipinski definition) is 4. The molecule has 3 atom stereocenters. The molecule has 1 saturated heterocycles. The first kappa shape index (κ1) is 10.4. The maximum atomic E-state index is 11.0. The van der Waals surface area contributed by atoms with E-state index in [0.717, 1.165) is 11.0 Å². The molecule has 1 aliphatic carbocycles. The molecule has 0 aromatic carbocycles. The van der Waals surface area contributed by atoms with Crippen LogP contribution < -0.4 is 0 Å². The summed E-state index contributed by atoms with van der Waals surface area (Å²) in [4.78, 5) is 11.0. The molecule has 0 aromatic rings. The highest BCUT2D eigenvalue weighted by molar-refractivity contribution is 8.07. The van der Waals surface area contributed by atoms with Gasteiger partial charge in [0.2, 0.25) is 0 Å². The molecule has 14 heavy (non-hydrogen) atoms. The van der Waals surface area contributed by atoms with E-state index in [0.29, 0.717) is 5.25 Å². The SMILES string of the molecule is C=CC(=O)OC1CSC2CCCC2S1. The van der Waals surface area contributed by atoms with Crippen LogP contribution in [0.15, 0.2) is 12.7 Å². The third-order valence-electron chi connectivity index (χ3n) is 2.58. The molecule has 2 rings (SSSR count). The predicted molar refractivity (Wildman–Crippen MR) is 61.6 cm³/mol. The van der Waals surface area contributed by atoms with Crippen molar-refractivity contribution in [3.05, 3.63) is 12.7 Å². The quantitative estimate of drug-likeness (QED) is 0.537. The van der Waals surface area contributed by atoms with E-state index in [9.17, 15) is 4.79 Å². The fourth-order valence-electron chi connectivity index (χ4n) is 1.91. The number of rotatable bonds is 2. The van der Waals surface area contributed by atoms with Gasteiger partial charge in [0.05, 0.1) is 0 Å². The lowest BCUT2D eigenvalue weighted by atomic mass is 10.4. The van der Waals surface area contributed by atoms with Crippen LogP contribution in [0.3, 0.4) is 0 Å². The number of ether oxygens (including phenoxy) is 1. The second-order valence-electron chi connectivity index (χ2n) is 3.55. The van der Waals surface area contributed by atoms with E-state index >= 15 is 0 Å². The Bertz CT molecular complexity index is 242. The standard InChI is InChI=1S/C10H14O2S2/c1-2-9(11)12-10-6-13-7-4-3-5-8(7)14-10/h2,7-8,10H,1,3-6H2. The molecule has 1 aliphatic heterocycles. The van der Waals surface area contributed by atoms with Crippen LogP contribution in [0.25, 0.3) is 0 Å². The average molecular weight is 230 g/mol. The van der Waals surface area contributed by atoms with Crippen LogP contribution in [0.5, 0.6) is 0 Å². The van der Waals surface area contributed by atoms with Gasteiger partial charge in [-0.05, 0) is 12.8 Å². The molecule has 2 nitrogen and oxygen atoms in total. The van der Waals surface area contributed by atoms with Crippen molar-refractivity contribution < 1.29 is 9.53 Å². The van der Waals surface area contributed by atoms with Crippen molar-refractivity contribution in [2.24, 2.45) is 0 Å². The summed E-state index contributed by atoms with van der Waals surface area (Å²) in [6.45, 7) is 3.40. The molecule has 0 aromatic heterocycles. The molecule has 0 spiro atoms. The van der Waals surface area contributed by atoms with Gasteiger partial charge in [0.15, 0.2) is 5.44 Å². The van der Waals surface area contributed by atoms with E-state index < -0.39 is 0 Å². The van der Waals surface area contributed by atoms with E-state index in [1.165, 1.54) is 25.3 Å². The van der Waals surface area contributed by atoms with Crippen molar-refractivity contribution in [3.8, 4) is 0 Å². The lowest BCUT2D eigenvalue weighted by Crippen LogP contribution is -2.29. The molecular weight excluding hydrogens is 216 g/mol. The summed E-state index contributed by atoms with van der Waals surface area (Å²) in [5.74, 6) is 0.644. The molecular formula is C10H14O2S2. The smallest absolute Gasteiger partial charge is 0.331 e. The minimum absolute atomic E-state index is 0.0462. The van der Waals surface area contributed by atoms with Gasteiger partial charge in [0.1, 0.15) is 0 Å². The van der Waals surface area contributed by atoms with Gasteiger partial charge in [-0.2, -0.15) is 11.8 Å². The van der Waals surface area contributed by atoms with E-state index in [2.05, 4.69) is 6.58 Å². The Morgan fingerprint density at radius 3 is 3.00 bits per heavy atom. The Morgan fingerprint density at radius 2 is 2.21 bits per heavy atom. The molecule has 0 radical (unpaired) electrons. The highest BCUT2D eigenvalue weighted by Crippen LogP contribution is 2.45. The van der Waals surface area contributed by atoms with Gasteiger partial charge in [0, 0.05) is 22.3 Å². The molecule has 1 heterocycles. The van der Waals surface area contributed by atoms with E-state index in [-0.39, 0.29) is 11.4 Å². The molecule has 0 N–H and O–H groups in total. The Labute approximate surface area is 92.8 Å². The summed E-state index contributed by atoms with van der Waals surface area (Å²) in [5, 5.41) is 1.51. The number of carbonyl (C=O) groups is 1. The zero-order valence-corrected chi connectivity index (χ0v) is 9.61. The molecule has 4 heteroatoms. The lowest BCUT2D eigenvalue weighted by molar-refractivity contribution is -0.138. The zero-order chi connectivity index (χ0) is 9.97. The van der Waals surface area contributed by atoms with Gasteiger partial charge in [-0.25, -0.2) is 4.79 Å². The van der Waals surface area contributed by atoms with Gasteiger partial charge in [-0.1, -0.05) is 13.0 Å². The summed E-state index contributed by atoms with van der Waals surface area (Å²) >= 11 is 3.80. The summed E-state index contributed by atoms with van der Waals surface area (Å²) < 4.78 is 5.23. The van der Waals surface area contributed by atoms with Crippen LogP contribution in [0.2, 0.25) is 0 Å². The summed E-state index contributed by atoms with van der Waals surface area (Å²) in [5.41, 5.74) is 0.0462. The predicted octanol–water partition coefficient (Wildman–Crippen LogP) is 2.44. The van der Waals surface area contributed by atoms with Crippen LogP contribution in [0, 0.1) is 0 Å². The molecule has 3 unspecified atom stereocenters. The first-order valence-electron chi connectivity index (χ1n) is 4.89. The van der Waals surface area contributed by atoms with Crippen LogP contribution in [0.1, 0.15) is 19.3 Å². The van der Waals surface area contributed by atoms with E-state index in [1.54, 1.807) is 0 Å². The van der Waals surface area contributed by atoms with Gasteiger partial charge in [-0.3, -0.25) is 0 Å². The number of carbonyl (C=O) groups excluding carboxylic acids is 1. The van der Waals surface area contributed by atoms with Crippen LogP contribution >= 0.6 is 23.5 Å². The van der Waals surface area contributed by atoms with E-state index in [4.69, 9.17) is 4.74 Å². The minimum Gasteiger partial charge on any atom is -0.447 e. The summed E-state index contributed by atoms with van der Waals surface area (Å²) in [6, 6.07) is 0. The van der Waals surface area contributed by atoms with Crippen LogP contribution in [0.4, 0.5) is 0 Å². The normalized spacial score (nSPS) is 36.1. The Kier molecular flexibility index (Phi) is 3.44. The second-order valence-corrected chi connectivity index (χ2v) is 6.22. The highest BCUT2D eigenvalue weighted by atomic mass is 32.2. The third kappa shape index (κ3) is 2.28. The second kappa shape index (κ2) is 4.62. The maximum absolute atomic E-state index is 11.0. The summed E-state index contributed by atoms with van der Waals surface area (Å²) in [6.07, 6.45) is 5.19.